The van der Waals surface area contributed by atoms with E-state index in [0.717, 1.165) is 24.7 Å². The maximum absolute atomic E-state index is 13.1. The van der Waals surface area contributed by atoms with E-state index in [9.17, 15) is 8.78 Å². The summed E-state index contributed by atoms with van der Waals surface area (Å²) < 4.78 is 25.9. The number of rotatable bonds is 6. The first-order valence-electron chi connectivity index (χ1n) is 7.16. The lowest BCUT2D eigenvalue weighted by molar-refractivity contribution is 0.509. The molecule has 2 aromatic rings. The third kappa shape index (κ3) is 3.94. The van der Waals surface area contributed by atoms with Crippen LogP contribution in [-0.2, 0) is 6.54 Å². The SMILES string of the molecule is CCN(CC)c1ccc(CNc2ccc(F)c(F)c2)cc1. The van der Waals surface area contributed by atoms with Gasteiger partial charge in [0, 0.05) is 37.1 Å². The van der Waals surface area contributed by atoms with E-state index in [-0.39, 0.29) is 0 Å². The lowest BCUT2D eigenvalue weighted by atomic mass is 10.2. The number of nitrogens with zero attached hydrogens (tertiary/aromatic N) is 1. The van der Waals surface area contributed by atoms with Gasteiger partial charge in [0.1, 0.15) is 0 Å². The van der Waals surface area contributed by atoms with Crippen molar-refractivity contribution >= 4 is 11.4 Å². The molecule has 0 aliphatic heterocycles. The van der Waals surface area contributed by atoms with Crippen molar-refractivity contribution in [3.05, 3.63) is 59.7 Å². The second-order valence-electron chi connectivity index (χ2n) is 4.82. The van der Waals surface area contributed by atoms with Crippen LogP contribution in [0.15, 0.2) is 42.5 Å². The van der Waals surface area contributed by atoms with Crippen molar-refractivity contribution in [1.29, 1.82) is 0 Å². The Hall–Kier alpha value is -2.10. The summed E-state index contributed by atoms with van der Waals surface area (Å²) in [5.74, 6) is -1.67. The number of anilines is 2. The zero-order valence-electron chi connectivity index (χ0n) is 12.4. The van der Waals surface area contributed by atoms with Crippen LogP contribution >= 0.6 is 0 Å². The molecule has 0 aliphatic carbocycles. The van der Waals surface area contributed by atoms with Gasteiger partial charge in [0.05, 0.1) is 0 Å². The number of hydrogen-bond donors (Lipinski definition) is 1. The molecule has 0 spiro atoms. The summed E-state index contributed by atoms with van der Waals surface area (Å²) in [5, 5.41) is 3.09. The summed E-state index contributed by atoms with van der Waals surface area (Å²) in [6.07, 6.45) is 0. The molecule has 112 valence electrons. The van der Waals surface area contributed by atoms with Crippen molar-refractivity contribution in [1.82, 2.24) is 0 Å². The zero-order valence-corrected chi connectivity index (χ0v) is 12.4. The van der Waals surface area contributed by atoms with E-state index < -0.39 is 11.6 Å². The number of nitrogens with one attached hydrogen (secondary N) is 1. The highest BCUT2D eigenvalue weighted by Crippen LogP contribution is 2.17. The molecule has 0 saturated carbocycles. The van der Waals surface area contributed by atoms with E-state index in [2.05, 4.69) is 36.2 Å². The Bertz CT molecular complexity index is 578. The summed E-state index contributed by atoms with van der Waals surface area (Å²) in [6, 6.07) is 12.1. The quantitative estimate of drug-likeness (QED) is 0.847. The van der Waals surface area contributed by atoms with Crippen LogP contribution < -0.4 is 10.2 Å². The molecule has 2 aromatic carbocycles. The van der Waals surface area contributed by atoms with Gasteiger partial charge in [-0.3, -0.25) is 0 Å². The van der Waals surface area contributed by atoms with Crippen LogP contribution in [0.4, 0.5) is 20.2 Å². The molecular formula is C17H20F2N2. The molecule has 0 fully saturated rings. The van der Waals surface area contributed by atoms with Crippen LogP contribution in [0.3, 0.4) is 0 Å². The van der Waals surface area contributed by atoms with Gasteiger partial charge in [-0.15, -0.1) is 0 Å². The fraction of sp³-hybridized carbons (Fsp3) is 0.294. The highest BCUT2D eigenvalue weighted by atomic mass is 19.2. The van der Waals surface area contributed by atoms with Crippen LogP contribution in [0.5, 0.6) is 0 Å². The zero-order chi connectivity index (χ0) is 15.2. The summed E-state index contributed by atoms with van der Waals surface area (Å²) in [7, 11) is 0. The lowest BCUT2D eigenvalue weighted by Crippen LogP contribution is -2.21. The first-order valence-corrected chi connectivity index (χ1v) is 7.16. The van der Waals surface area contributed by atoms with Crippen molar-refractivity contribution in [3.8, 4) is 0 Å². The monoisotopic (exact) mass is 290 g/mol. The predicted octanol–water partition coefficient (Wildman–Crippen LogP) is 4.42. The van der Waals surface area contributed by atoms with E-state index >= 15 is 0 Å². The topological polar surface area (TPSA) is 15.3 Å². The number of hydrogen-bond acceptors (Lipinski definition) is 2. The van der Waals surface area contributed by atoms with Crippen LogP contribution in [0.2, 0.25) is 0 Å². The van der Waals surface area contributed by atoms with Crippen LogP contribution in [0, 0.1) is 11.6 Å². The third-order valence-electron chi connectivity index (χ3n) is 3.48. The number of halogens is 2. The van der Waals surface area contributed by atoms with E-state index in [1.807, 2.05) is 12.1 Å². The van der Waals surface area contributed by atoms with Gasteiger partial charge in [-0.1, -0.05) is 12.1 Å². The molecule has 0 unspecified atom stereocenters. The average molecular weight is 290 g/mol. The molecule has 21 heavy (non-hydrogen) atoms. The molecule has 0 bridgehead atoms. The highest BCUT2D eigenvalue weighted by Gasteiger charge is 2.03. The van der Waals surface area contributed by atoms with Gasteiger partial charge >= 0.3 is 0 Å². The summed E-state index contributed by atoms with van der Waals surface area (Å²) in [6.45, 7) is 6.78. The van der Waals surface area contributed by atoms with Crippen molar-refractivity contribution < 1.29 is 8.78 Å². The predicted molar refractivity (Wildman–Crippen MR) is 83.7 cm³/mol. The van der Waals surface area contributed by atoms with Gasteiger partial charge in [-0.25, -0.2) is 8.78 Å². The Labute approximate surface area is 124 Å². The summed E-state index contributed by atoms with van der Waals surface area (Å²) in [4.78, 5) is 2.27. The molecule has 0 amide bonds. The van der Waals surface area contributed by atoms with Crippen LogP contribution in [0.25, 0.3) is 0 Å². The Morgan fingerprint density at radius 2 is 1.57 bits per heavy atom. The van der Waals surface area contributed by atoms with Gasteiger partial charge in [0.2, 0.25) is 0 Å². The number of benzene rings is 2. The van der Waals surface area contributed by atoms with Crippen molar-refractivity contribution in [3.63, 3.8) is 0 Å². The molecule has 0 heterocycles. The fourth-order valence-electron chi connectivity index (χ4n) is 2.22. The van der Waals surface area contributed by atoms with Gasteiger partial charge < -0.3 is 10.2 Å². The van der Waals surface area contributed by atoms with Crippen molar-refractivity contribution in [2.45, 2.75) is 20.4 Å². The molecule has 2 nitrogen and oxygen atoms in total. The van der Waals surface area contributed by atoms with Gasteiger partial charge in [-0.05, 0) is 43.7 Å². The Morgan fingerprint density at radius 3 is 2.14 bits per heavy atom. The molecule has 0 aliphatic rings. The molecule has 0 saturated heterocycles. The largest absolute Gasteiger partial charge is 0.381 e. The van der Waals surface area contributed by atoms with Crippen LogP contribution in [0.1, 0.15) is 19.4 Å². The maximum atomic E-state index is 13.1. The normalized spacial score (nSPS) is 10.5. The van der Waals surface area contributed by atoms with Gasteiger partial charge in [0.15, 0.2) is 11.6 Å². The standard InChI is InChI=1S/C17H20F2N2/c1-3-21(4-2)15-8-5-13(6-9-15)12-20-14-7-10-16(18)17(19)11-14/h5-11,20H,3-4,12H2,1-2H3. The molecule has 0 aromatic heterocycles. The molecular weight excluding hydrogens is 270 g/mol. The van der Waals surface area contributed by atoms with E-state index in [1.54, 1.807) is 0 Å². The highest BCUT2D eigenvalue weighted by molar-refractivity contribution is 5.49. The second kappa shape index (κ2) is 7.07. The fourth-order valence-corrected chi connectivity index (χ4v) is 2.22. The van der Waals surface area contributed by atoms with Crippen LogP contribution in [-0.4, -0.2) is 13.1 Å². The van der Waals surface area contributed by atoms with Crippen molar-refractivity contribution in [2.75, 3.05) is 23.3 Å². The average Bonchev–Trinajstić information content (AvgIpc) is 2.51. The van der Waals surface area contributed by atoms with Crippen molar-refractivity contribution in [2.24, 2.45) is 0 Å². The molecule has 1 N–H and O–H groups in total. The van der Waals surface area contributed by atoms with E-state index in [4.69, 9.17) is 0 Å². The summed E-state index contributed by atoms with van der Waals surface area (Å²) >= 11 is 0. The molecule has 0 atom stereocenters. The Kier molecular flexibility index (Phi) is 5.14. The maximum Gasteiger partial charge on any atom is 0.160 e. The van der Waals surface area contributed by atoms with E-state index in [0.29, 0.717) is 12.2 Å². The second-order valence-corrected chi connectivity index (χ2v) is 4.82. The first kappa shape index (κ1) is 15.3. The minimum absolute atomic E-state index is 0.571. The minimum atomic E-state index is -0.836. The van der Waals surface area contributed by atoms with Gasteiger partial charge in [0.25, 0.3) is 0 Å². The lowest BCUT2D eigenvalue weighted by Gasteiger charge is -2.21. The van der Waals surface area contributed by atoms with Gasteiger partial charge in [-0.2, -0.15) is 0 Å². The van der Waals surface area contributed by atoms with E-state index in [1.165, 1.54) is 17.8 Å². The smallest absolute Gasteiger partial charge is 0.160 e. The molecule has 0 radical (unpaired) electrons. The minimum Gasteiger partial charge on any atom is -0.381 e. The Balaban J connectivity index is 1.98. The first-order chi connectivity index (χ1) is 10.1. The Morgan fingerprint density at radius 1 is 0.905 bits per heavy atom. The molecule has 2 rings (SSSR count). The summed E-state index contributed by atoms with van der Waals surface area (Å²) in [5.41, 5.74) is 2.86. The third-order valence-corrected chi connectivity index (χ3v) is 3.48. The molecule has 4 heteroatoms.